The summed E-state index contributed by atoms with van der Waals surface area (Å²) in [5.41, 5.74) is 0.710. The van der Waals surface area contributed by atoms with E-state index in [2.05, 4.69) is 34.3 Å². The molecule has 0 N–H and O–H groups in total. The summed E-state index contributed by atoms with van der Waals surface area (Å²) in [6.07, 6.45) is 2.47. The van der Waals surface area contributed by atoms with E-state index in [1.807, 2.05) is 16.7 Å². The fourth-order valence-corrected chi connectivity index (χ4v) is 4.99. The van der Waals surface area contributed by atoms with Gasteiger partial charge in [0.1, 0.15) is 17.7 Å². The zero-order valence-electron chi connectivity index (χ0n) is 20.6. The molecule has 1 amide bonds. The van der Waals surface area contributed by atoms with Gasteiger partial charge < -0.3 is 9.64 Å². The van der Waals surface area contributed by atoms with E-state index in [-0.39, 0.29) is 33.6 Å². The summed E-state index contributed by atoms with van der Waals surface area (Å²) in [5.74, 6) is -0.00804. The minimum absolute atomic E-state index is 0.0432. The van der Waals surface area contributed by atoms with Crippen LogP contribution in [0.3, 0.4) is 0 Å². The number of ether oxygens (including phenoxy) is 1. The number of morpholine rings is 1. The van der Waals surface area contributed by atoms with Crippen LogP contribution in [0.4, 0.5) is 8.78 Å². The van der Waals surface area contributed by atoms with E-state index < -0.39 is 11.9 Å². The molecule has 192 valence electrons. The van der Waals surface area contributed by atoms with Crippen molar-refractivity contribution in [2.45, 2.75) is 63.5 Å². The van der Waals surface area contributed by atoms with Gasteiger partial charge in [-0.1, -0.05) is 69.1 Å². The van der Waals surface area contributed by atoms with E-state index in [1.165, 1.54) is 24.3 Å². The number of nitrogens with zero attached hydrogens (tertiary/aromatic N) is 1. The standard InChI is InChI=1S/C21H29ClFNO2S.C6H4ClF/c1-6-8-19-20(25)24(15(7-2)13-27-21(3,4)5)18(12-26-19)14-9-10-16(22)17(23)11-14;7-5-2-1-3-6(8)4-5/h6,9-11,15,18-19H,1,7-8,12-13H2,2-5H3;1-4H. The Morgan fingerprint density at radius 2 is 1.94 bits per heavy atom. The number of halogens is 4. The Kier molecular flexibility index (Phi) is 11.5. The SMILES string of the molecule is C=CCC1OCC(c2ccc(Cl)c(F)c2)N(C(CC)CSC(C)(C)C)C1=O.Fc1cccc(Cl)c1. The van der Waals surface area contributed by atoms with Gasteiger partial charge in [0.25, 0.3) is 5.91 Å². The van der Waals surface area contributed by atoms with E-state index in [1.54, 1.807) is 24.3 Å². The Labute approximate surface area is 221 Å². The van der Waals surface area contributed by atoms with E-state index in [0.717, 1.165) is 12.2 Å². The molecule has 2 aromatic rings. The van der Waals surface area contributed by atoms with Gasteiger partial charge in [0.05, 0.1) is 17.7 Å². The molecule has 3 atom stereocenters. The summed E-state index contributed by atoms with van der Waals surface area (Å²) in [6, 6.07) is 10.3. The molecule has 1 heterocycles. The zero-order chi connectivity index (χ0) is 26.2. The lowest BCUT2D eigenvalue weighted by molar-refractivity contribution is -0.163. The van der Waals surface area contributed by atoms with Gasteiger partial charge in [0.15, 0.2) is 0 Å². The van der Waals surface area contributed by atoms with Crippen molar-refractivity contribution in [1.29, 1.82) is 0 Å². The van der Waals surface area contributed by atoms with Gasteiger partial charge in [-0.2, -0.15) is 11.8 Å². The fraction of sp³-hybridized carbons (Fsp3) is 0.444. The van der Waals surface area contributed by atoms with E-state index in [9.17, 15) is 13.6 Å². The first-order valence-electron chi connectivity index (χ1n) is 11.5. The van der Waals surface area contributed by atoms with Crippen molar-refractivity contribution >= 4 is 40.9 Å². The Morgan fingerprint density at radius 1 is 1.23 bits per heavy atom. The first-order valence-corrected chi connectivity index (χ1v) is 13.3. The van der Waals surface area contributed by atoms with Gasteiger partial charge in [0.2, 0.25) is 0 Å². The average molecular weight is 545 g/mol. The first-order chi connectivity index (χ1) is 16.5. The van der Waals surface area contributed by atoms with Gasteiger partial charge in [0, 0.05) is 28.0 Å². The maximum absolute atomic E-state index is 14.0. The predicted octanol–water partition coefficient (Wildman–Crippen LogP) is 8.11. The van der Waals surface area contributed by atoms with Gasteiger partial charge >= 0.3 is 0 Å². The lowest BCUT2D eigenvalue weighted by Gasteiger charge is -2.44. The number of carbonyl (C=O) groups excluding carboxylic acids is 1. The van der Waals surface area contributed by atoms with Crippen molar-refractivity contribution in [3.8, 4) is 0 Å². The number of benzene rings is 2. The molecule has 1 aliphatic heterocycles. The molecule has 0 saturated carbocycles. The Hall–Kier alpha value is -1.60. The molecule has 1 fully saturated rings. The lowest BCUT2D eigenvalue weighted by Crippen LogP contribution is -2.54. The molecule has 35 heavy (non-hydrogen) atoms. The van der Waals surface area contributed by atoms with Crippen molar-refractivity contribution in [3.63, 3.8) is 0 Å². The van der Waals surface area contributed by atoms with Crippen LogP contribution in [0.2, 0.25) is 10.0 Å². The Morgan fingerprint density at radius 3 is 2.46 bits per heavy atom. The minimum atomic E-state index is -0.524. The largest absolute Gasteiger partial charge is 0.366 e. The van der Waals surface area contributed by atoms with Gasteiger partial charge in [-0.05, 0) is 42.3 Å². The molecule has 0 bridgehead atoms. The summed E-state index contributed by atoms with van der Waals surface area (Å²) in [7, 11) is 0. The first kappa shape index (κ1) is 29.6. The van der Waals surface area contributed by atoms with Crippen molar-refractivity contribution in [2.75, 3.05) is 12.4 Å². The van der Waals surface area contributed by atoms with Crippen LogP contribution in [0.5, 0.6) is 0 Å². The minimum Gasteiger partial charge on any atom is -0.366 e. The molecule has 3 unspecified atom stereocenters. The topological polar surface area (TPSA) is 29.5 Å². The number of amides is 1. The zero-order valence-corrected chi connectivity index (χ0v) is 22.9. The summed E-state index contributed by atoms with van der Waals surface area (Å²) in [5, 5.41) is 0.512. The molecule has 0 spiro atoms. The van der Waals surface area contributed by atoms with Crippen LogP contribution < -0.4 is 0 Å². The number of carbonyl (C=O) groups is 1. The smallest absolute Gasteiger partial charge is 0.252 e. The van der Waals surface area contributed by atoms with Crippen LogP contribution in [0.25, 0.3) is 0 Å². The monoisotopic (exact) mass is 543 g/mol. The Balaban J connectivity index is 0.000000456. The van der Waals surface area contributed by atoms with Crippen molar-refractivity contribution in [3.05, 3.63) is 82.4 Å². The number of hydrogen-bond acceptors (Lipinski definition) is 3. The average Bonchev–Trinajstić information content (AvgIpc) is 2.78. The van der Waals surface area contributed by atoms with Gasteiger partial charge in [-0.15, -0.1) is 6.58 Å². The molecule has 8 heteroatoms. The third-order valence-electron chi connectivity index (χ3n) is 5.39. The van der Waals surface area contributed by atoms with Crippen LogP contribution in [-0.4, -0.2) is 40.1 Å². The molecular weight excluding hydrogens is 511 g/mol. The van der Waals surface area contributed by atoms with E-state index in [0.29, 0.717) is 23.6 Å². The molecular formula is C27H33Cl2F2NO2S. The number of rotatable bonds is 7. The highest BCUT2D eigenvalue weighted by Gasteiger charge is 2.40. The maximum Gasteiger partial charge on any atom is 0.252 e. The molecule has 2 aromatic carbocycles. The second kappa shape index (κ2) is 13.6. The maximum atomic E-state index is 14.0. The summed E-state index contributed by atoms with van der Waals surface area (Å²) in [6.45, 7) is 12.6. The third kappa shape index (κ3) is 9.09. The van der Waals surface area contributed by atoms with Crippen LogP contribution >= 0.6 is 35.0 Å². The highest BCUT2D eigenvalue weighted by molar-refractivity contribution is 8.00. The lowest BCUT2D eigenvalue weighted by atomic mass is 9.99. The van der Waals surface area contributed by atoms with Crippen molar-refractivity contribution in [2.24, 2.45) is 0 Å². The van der Waals surface area contributed by atoms with E-state index >= 15 is 0 Å². The molecule has 1 aliphatic rings. The quantitative estimate of drug-likeness (QED) is 0.330. The highest BCUT2D eigenvalue weighted by Crippen LogP contribution is 2.35. The van der Waals surface area contributed by atoms with Gasteiger partial charge in [-0.25, -0.2) is 8.78 Å². The van der Waals surface area contributed by atoms with Gasteiger partial charge in [-0.3, -0.25) is 4.79 Å². The van der Waals surface area contributed by atoms with Crippen LogP contribution in [0.1, 0.15) is 52.1 Å². The normalized spacial score (nSPS) is 19.1. The molecule has 0 aromatic heterocycles. The van der Waals surface area contributed by atoms with Crippen LogP contribution in [0.15, 0.2) is 55.1 Å². The molecule has 0 aliphatic carbocycles. The Bertz CT molecular complexity index is 982. The summed E-state index contributed by atoms with van der Waals surface area (Å²) < 4.78 is 32.0. The van der Waals surface area contributed by atoms with Crippen molar-refractivity contribution < 1.29 is 18.3 Å². The summed E-state index contributed by atoms with van der Waals surface area (Å²) >= 11 is 13.1. The summed E-state index contributed by atoms with van der Waals surface area (Å²) in [4.78, 5) is 15.1. The molecule has 1 saturated heterocycles. The predicted molar refractivity (Wildman–Crippen MR) is 143 cm³/mol. The number of thioether (sulfide) groups is 1. The highest BCUT2D eigenvalue weighted by atomic mass is 35.5. The second-order valence-electron chi connectivity index (χ2n) is 9.21. The number of hydrogen-bond donors (Lipinski definition) is 0. The molecule has 0 radical (unpaired) electrons. The van der Waals surface area contributed by atoms with Crippen LogP contribution in [-0.2, 0) is 9.53 Å². The van der Waals surface area contributed by atoms with Crippen molar-refractivity contribution in [1.82, 2.24) is 4.90 Å². The van der Waals surface area contributed by atoms with Crippen LogP contribution in [0, 0.1) is 11.6 Å². The fourth-order valence-electron chi connectivity index (χ4n) is 3.61. The van der Waals surface area contributed by atoms with E-state index in [4.69, 9.17) is 27.9 Å². The molecule has 3 rings (SSSR count). The third-order valence-corrected chi connectivity index (χ3v) is 7.35. The second-order valence-corrected chi connectivity index (χ2v) is 11.9. The molecule has 3 nitrogen and oxygen atoms in total.